The smallest absolute Gasteiger partial charge is 0.151 e. The van der Waals surface area contributed by atoms with E-state index in [0.29, 0.717) is 6.54 Å². The maximum Gasteiger partial charge on any atom is 0.151 e. The Hall–Kier alpha value is -0.880. The van der Waals surface area contributed by atoms with Gasteiger partial charge in [-0.25, -0.2) is 8.42 Å². The van der Waals surface area contributed by atoms with E-state index in [1.165, 1.54) is 0 Å². The van der Waals surface area contributed by atoms with Gasteiger partial charge in [0.1, 0.15) is 0 Å². The van der Waals surface area contributed by atoms with Crippen LogP contribution in [0.5, 0.6) is 0 Å². The predicted octanol–water partition coefficient (Wildman–Crippen LogP) is 1.34. The zero-order valence-corrected chi connectivity index (χ0v) is 12.4. The highest BCUT2D eigenvalue weighted by Gasteiger charge is 2.17. The van der Waals surface area contributed by atoms with Crippen LogP contribution in [0.25, 0.3) is 0 Å². The largest absolute Gasteiger partial charge is 0.324 e. The highest BCUT2D eigenvalue weighted by Crippen LogP contribution is 2.21. The topological polar surface area (TPSA) is 78.0 Å². The molecule has 0 aliphatic rings. The number of hydrogen-bond acceptors (Lipinski definition) is 4. The van der Waals surface area contributed by atoms with Crippen molar-refractivity contribution in [3.8, 4) is 0 Å². The minimum absolute atomic E-state index is 0.0264. The third-order valence-corrected chi connectivity index (χ3v) is 4.99. The number of aryl methyl sites for hydroxylation is 2. The van der Waals surface area contributed by atoms with Gasteiger partial charge in [0.2, 0.25) is 0 Å². The van der Waals surface area contributed by atoms with Crippen molar-refractivity contribution >= 4 is 9.84 Å². The first-order valence-corrected chi connectivity index (χ1v) is 8.14. The Morgan fingerprint density at radius 3 is 2.44 bits per heavy atom. The lowest BCUT2D eigenvalue weighted by Gasteiger charge is -2.10. The van der Waals surface area contributed by atoms with Gasteiger partial charge in [0.15, 0.2) is 9.84 Å². The van der Waals surface area contributed by atoms with Crippen LogP contribution in [0.1, 0.15) is 43.3 Å². The first kappa shape index (κ1) is 15.2. The van der Waals surface area contributed by atoms with Gasteiger partial charge in [0.05, 0.1) is 18.0 Å². The summed E-state index contributed by atoms with van der Waals surface area (Å²) in [6, 6.07) is -0.0264. The fourth-order valence-corrected chi connectivity index (χ4v) is 2.78. The molecule has 6 heteroatoms. The Labute approximate surface area is 109 Å². The summed E-state index contributed by atoms with van der Waals surface area (Å²) in [7, 11) is -2.96. The summed E-state index contributed by atoms with van der Waals surface area (Å²) in [5, 5.41) is 4.39. The summed E-state index contributed by atoms with van der Waals surface area (Å²) < 4.78 is 24.8. The molecule has 0 aliphatic heterocycles. The fourth-order valence-electron chi connectivity index (χ4n) is 2.04. The van der Waals surface area contributed by atoms with Crippen molar-refractivity contribution < 1.29 is 8.42 Å². The zero-order chi connectivity index (χ0) is 13.9. The number of nitrogens with zero attached hydrogens (tertiary/aromatic N) is 2. The summed E-state index contributed by atoms with van der Waals surface area (Å²) in [6.07, 6.45) is 0.848. The molecule has 0 spiro atoms. The molecule has 0 bridgehead atoms. The molecule has 18 heavy (non-hydrogen) atoms. The summed E-state index contributed by atoms with van der Waals surface area (Å²) in [5.74, 6) is 0.305. The van der Waals surface area contributed by atoms with E-state index in [0.717, 1.165) is 23.4 Å². The van der Waals surface area contributed by atoms with E-state index in [2.05, 4.69) is 5.10 Å². The number of hydrogen-bond donors (Lipinski definition) is 1. The number of sulfone groups is 1. The summed E-state index contributed by atoms with van der Waals surface area (Å²) in [6.45, 7) is 7.96. The second-order valence-electron chi connectivity index (χ2n) is 4.56. The average molecular weight is 273 g/mol. The van der Waals surface area contributed by atoms with Crippen molar-refractivity contribution in [2.75, 3.05) is 11.5 Å². The standard InChI is InChI=1S/C12H23N3O2S/c1-5-11(13)12-9(3)14-15(10(12)4)7-8-18(16,17)6-2/h11H,5-8,13H2,1-4H3. The van der Waals surface area contributed by atoms with Crippen molar-refractivity contribution in [1.82, 2.24) is 9.78 Å². The second-order valence-corrected chi connectivity index (χ2v) is 7.03. The Bertz CT molecular complexity index is 506. The Kier molecular flexibility index (Phi) is 4.92. The van der Waals surface area contributed by atoms with Crippen LogP contribution in [0.15, 0.2) is 0 Å². The van der Waals surface area contributed by atoms with Crippen molar-refractivity contribution in [1.29, 1.82) is 0 Å². The van der Waals surface area contributed by atoms with E-state index in [1.54, 1.807) is 11.6 Å². The zero-order valence-electron chi connectivity index (χ0n) is 11.6. The van der Waals surface area contributed by atoms with Crippen molar-refractivity contribution in [3.05, 3.63) is 17.0 Å². The lowest BCUT2D eigenvalue weighted by molar-refractivity contribution is 0.576. The van der Waals surface area contributed by atoms with Gasteiger partial charge in [-0.2, -0.15) is 5.10 Å². The molecule has 1 atom stereocenters. The normalized spacial score (nSPS) is 13.8. The van der Waals surface area contributed by atoms with Gasteiger partial charge in [-0.1, -0.05) is 13.8 Å². The maximum absolute atomic E-state index is 11.5. The van der Waals surface area contributed by atoms with Gasteiger partial charge in [0, 0.05) is 23.1 Å². The molecule has 1 unspecified atom stereocenters. The molecular formula is C12H23N3O2S. The molecule has 0 fully saturated rings. The minimum Gasteiger partial charge on any atom is -0.324 e. The SMILES string of the molecule is CCC(N)c1c(C)nn(CCS(=O)(=O)CC)c1C. The molecule has 5 nitrogen and oxygen atoms in total. The van der Waals surface area contributed by atoms with Crippen LogP contribution in [-0.4, -0.2) is 29.7 Å². The minimum atomic E-state index is -2.96. The number of aromatic nitrogens is 2. The second kappa shape index (κ2) is 5.84. The Morgan fingerprint density at radius 1 is 1.33 bits per heavy atom. The molecule has 0 saturated heterocycles. The Morgan fingerprint density at radius 2 is 1.94 bits per heavy atom. The van der Waals surface area contributed by atoms with Gasteiger partial charge < -0.3 is 5.73 Å². The first-order chi connectivity index (χ1) is 8.32. The van der Waals surface area contributed by atoms with Crippen LogP contribution in [0, 0.1) is 13.8 Å². The molecule has 1 aromatic rings. The van der Waals surface area contributed by atoms with E-state index in [-0.39, 0.29) is 17.5 Å². The number of nitrogens with two attached hydrogens (primary N) is 1. The molecule has 104 valence electrons. The third-order valence-electron chi connectivity index (χ3n) is 3.30. The predicted molar refractivity (Wildman–Crippen MR) is 73.2 cm³/mol. The molecule has 2 N–H and O–H groups in total. The quantitative estimate of drug-likeness (QED) is 0.848. The highest BCUT2D eigenvalue weighted by atomic mass is 32.2. The molecule has 0 radical (unpaired) electrons. The fraction of sp³-hybridized carbons (Fsp3) is 0.750. The third kappa shape index (κ3) is 3.32. The number of rotatable bonds is 6. The van der Waals surface area contributed by atoms with Crippen LogP contribution in [0.2, 0.25) is 0 Å². The lowest BCUT2D eigenvalue weighted by Crippen LogP contribution is -2.17. The van der Waals surface area contributed by atoms with Crippen molar-refractivity contribution in [2.45, 2.75) is 46.7 Å². The lowest BCUT2D eigenvalue weighted by atomic mass is 10.0. The molecule has 0 aliphatic carbocycles. The van der Waals surface area contributed by atoms with Crippen LogP contribution in [0.3, 0.4) is 0 Å². The summed E-state index contributed by atoms with van der Waals surface area (Å²) >= 11 is 0. The molecule has 1 aromatic heterocycles. The van der Waals surface area contributed by atoms with E-state index in [9.17, 15) is 8.42 Å². The van der Waals surface area contributed by atoms with E-state index in [1.807, 2.05) is 20.8 Å². The van der Waals surface area contributed by atoms with E-state index < -0.39 is 9.84 Å². The van der Waals surface area contributed by atoms with Crippen molar-refractivity contribution in [2.24, 2.45) is 5.73 Å². The molecule has 0 amide bonds. The molecular weight excluding hydrogens is 250 g/mol. The van der Waals surface area contributed by atoms with Crippen LogP contribution >= 0.6 is 0 Å². The highest BCUT2D eigenvalue weighted by molar-refractivity contribution is 7.91. The van der Waals surface area contributed by atoms with Gasteiger partial charge >= 0.3 is 0 Å². The average Bonchev–Trinajstić information content (AvgIpc) is 2.61. The van der Waals surface area contributed by atoms with Gasteiger partial charge in [0.25, 0.3) is 0 Å². The molecule has 1 heterocycles. The van der Waals surface area contributed by atoms with E-state index >= 15 is 0 Å². The Balaban J connectivity index is 2.93. The van der Waals surface area contributed by atoms with Gasteiger partial charge in [-0.3, -0.25) is 4.68 Å². The van der Waals surface area contributed by atoms with Crippen LogP contribution in [0.4, 0.5) is 0 Å². The maximum atomic E-state index is 11.5. The summed E-state index contributed by atoms with van der Waals surface area (Å²) in [5.41, 5.74) is 8.97. The summed E-state index contributed by atoms with van der Waals surface area (Å²) in [4.78, 5) is 0. The molecule has 0 aromatic carbocycles. The van der Waals surface area contributed by atoms with Crippen molar-refractivity contribution in [3.63, 3.8) is 0 Å². The van der Waals surface area contributed by atoms with Gasteiger partial charge in [-0.05, 0) is 20.3 Å². The first-order valence-electron chi connectivity index (χ1n) is 6.32. The van der Waals surface area contributed by atoms with Gasteiger partial charge in [-0.15, -0.1) is 0 Å². The van der Waals surface area contributed by atoms with Crippen LogP contribution in [-0.2, 0) is 16.4 Å². The molecule has 1 rings (SSSR count). The van der Waals surface area contributed by atoms with E-state index in [4.69, 9.17) is 5.73 Å². The van der Waals surface area contributed by atoms with Crippen LogP contribution < -0.4 is 5.73 Å². The monoisotopic (exact) mass is 273 g/mol. The molecule has 0 saturated carbocycles.